The maximum Gasteiger partial charge on any atom is 0.246 e. The maximum absolute atomic E-state index is 12.6. The van der Waals surface area contributed by atoms with Gasteiger partial charge in [0.2, 0.25) is 11.8 Å². The summed E-state index contributed by atoms with van der Waals surface area (Å²) in [6.45, 7) is 2.86. The molecular weight excluding hydrogens is 338 g/mol. The van der Waals surface area contributed by atoms with Crippen LogP contribution >= 0.6 is 12.4 Å². The third kappa shape index (κ3) is 3.53. The molecular formula is C19H26ClN3O2. The van der Waals surface area contributed by atoms with Crippen LogP contribution in [0.1, 0.15) is 31.2 Å². The Morgan fingerprint density at radius 2 is 2.00 bits per heavy atom. The molecule has 1 atom stereocenters. The predicted octanol–water partition coefficient (Wildman–Crippen LogP) is 1.89. The topological polar surface area (TPSA) is 61.4 Å². The predicted molar refractivity (Wildman–Crippen MR) is 100 cm³/mol. The Morgan fingerprint density at radius 1 is 1.24 bits per heavy atom. The highest BCUT2D eigenvalue weighted by Crippen LogP contribution is 2.58. The molecule has 2 N–H and O–H groups in total. The Labute approximate surface area is 154 Å². The van der Waals surface area contributed by atoms with Crippen molar-refractivity contribution < 1.29 is 9.59 Å². The second kappa shape index (κ2) is 7.34. The van der Waals surface area contributed by atoms with Gasteiger partial charge in [0, 0.05) is 18.2 Å². The van der Waals surface area contributed by atoms with Gasteiger partial charge in [-0.1, -0.05) is 18.2 Å². The van der Waals surface area contributed by atoms with Crippen molar-refractivity contribution in [1.29, 1.82) is 0 Å². The van der Waals surface area contributed by atoms with E-state index < -0.39 is 0 Å². The lowest BCUT2D eigenvalue weighted by molar-refractivity contribution is -0.126. The van der Waals surface area contributed by atoms with Gasteiger partial charge in [-0.05, 0) is 62.2 Å². The largest absolute Gasteiger partial charge is 0.347 e. The number of hydrogen-bond donors (Lipinski definition) is 2. The van der Waals surface area contributed by atoms with Gasteiger partial charge in [0.1, 0.15) is 0 Å². The van der Waals surface area contributed by atoms with E-state index in [2.05, 4.69) is 16.7 Å². The molecule has 1 unspecified atom stereocenters. The van der Waals surface area contributed by atoms with Gasteiger partial charge in [0.15, 0.2) is 0 Å². The van der Waals surface area contributed by atoms with E-state index in [1.54, 1.807) is 0 Å². The van der Waals surface area contributed by atoms with Gasteiger partial charge in [-0.25, -0.2) is 0 Å². The monoisotopic (exact) mass is 363 g/mol. The molecule has 1 spiro atoms. The van der Waals surface area contributed by atoms with Crippen LogP contribution in [0.5, 0.6) is 0 Å². The molecule has 1 aromatic rings. The first-order chi connectivity index (χ1) is 11.7. The van der Waals surface area contributed by atoms with E-state index in [1.165, 1.54) is 5.56 Å². The average molecular weight is 364 g/mol. The Morgan fingerprint density at radius 3 is 2.80 bits per heavy atom. The summed E-state index contributed by atoms with van der Waals surface area (Å²) in [5, 5.41) is 6.24. The lowest BCUT2D eigenvalue weighted by Crippen LogP contribution is -2.43. The first-order valence-electron chi connectivity index (χ1n) is 9.06. The third-order valence-corrected chi connectivity index (χ3v) is 5.93. The number of nitrogens with one attached hydrogen (secondary N) is 2. The highest BCUT2D eigenvalue weighted by molar-refractivity contribution is 5.98. The molecule has 1 aliphatic carbocycles. The van der Waals surface area contributed by atoms with E-state index in [0.717, 1.165) is 57.4 Å². The van der Waals surface area contributed by atoms with Crippen LogP contribution < -0.4 is 15.5 Å². The molecule has 6 heteroatoms. The molecule has 0 aromatic heterocycles. The number of nitrogens with zero attached hydrogens (tertiary/aromatic N) is 1. The van der Waals surface area contributed by atoms with Gasteiger partial charge in [-0.15, -0.1) is 12.4 Å². The fraction of sp³-hybridized carbons (Fsp3) is 0.579. The normalized spacial score (nSPS) is 23.4. The van der Waals surface area contributed by atoms with Crippen LogP contribution in [0, 0.1) is 11.3 Å². The first kappa shape index (κ1) is 18.2. The standard InChI is InChI=1S/C19H25N3O2.ClH/c23-17(22-11-3-5-14-4-1-2-6-16(14)22)13-21-18(24)15-12-19(15)7-9-20-10-8-19;/h1-2,4,6,15,20H,3,5,7-13H2,(H,21,24);1H. The van der Waals surface area contributed by atoms with E-state index in [0.29, 0.717) is 0 Å². The van der Waals surface area contributed by atoms with Gasteiger partial charge in [0.25, 0.3) is 0 Å². The van der Waals surface area contributed by atoms with Crippen LogP contribution in [0.2, 0.25) is 0 Å². The highest BCUT2D eigenvalue weighted by Gasteiger charge is 2.57. The van der Waals surface area contributed by atoms with Crippen LogP contribution in [0.3, 0.4) is 0 Å². The Hall–Kier alpha value is -1.59. The van der Waals surface area contributed by atoms with Crippen molar-refractivity contribution in [3.05, 3.63) is 29.8 Å². The third-order valence-electron chi connectivity index (χ3n) is 5.93. The molecule has 2 heterocycles. The molecule has 0 radical (unpaired) electrons. The van der Waals surface area contributed by atoms with E-state index in [-0.39, 0.29) is 42.1 Å². The van der Waals surface area contributed by atoms with Crippen molar-refractivity contribution >= 4 is 29.9 Å². The first-order valence-corrected chi connectivity index (χ1v) is 9.06. The molecule has 1 saturated carbocycles. The van der Waals surface area contributed by atoms with Gasteiger partial charge < -0.3 is 15.5 Å². The summed E-state index contributed by atoms with van der Waals surface area (Å²) < 4.78 is 0. The fourth-order valence-corrected chi connectivity index (χ4v) is 4.37. The van der Waals surface area contributed by atoms with E-state index in [9.17, 15) is 9.59 Å². The van der Waals surface area contributed by atoms with Crippen LogP contribution in [0.25, 0.3) is 0 Å². The van der Waals surface area contributed by atoms with Crippen molar-refractivity contribution in [2.24, 2.45) is 11.3 Å². The molecule has 25 heavy (non-hydrogen) atoms. The van der Waals surface area contributed by atoms with Gasteiger partial charge in [-0.2, -0.15) is 0 Å². The number of fused-ring (bicyclic) bond motifs is 1. The summed E-state index contributed by atoms with van der Waals surface area (Å²) in [6.07, 6.45) is 5.15. The Kier molecular flexibility index (Phi) is 5.35. The van der Waals surface area contributed by atoms with Crippen molar-refractivity contribution in [2.45, 2.75) is 32.1 Å². The zero-order valence-corrected chi connectivity index (χ0v) is 15.2. The summed E-state index contributed by atoms with van der Waals surface area (Å²) in [5.41, 5.74) is 2.44. The number of amides is 2. The van der Waals surface area contributed by atoms with E-state index >= 15 is 0 Å². The maximum atomic E-state index is 12.6. The zero-order chi connectivity index (χ0) is 16.6. The number of carbonyl (C=O) groups excluding carboxylic acids is 2. The van der Waals surface area contributed by atoms with Crippen molar-refractivity contribution in [1.82, 2.24) is 10.6 Å². The molecule has 1 aromatic carbocycles. The number of hydrogen-bond acceptors (Lipinski definition) is 3. The van der Waals surface area contributed by atoms with Crippen molar-refractivity contribution in [2.75, 3.05) is 31.1 Å². The molecule has 3 aliphatic rings. The van der Waals surface area contributed by atoms with E-state index in [4.69, 9.17) is 0 Å². The quantitative estimate of drug-likeness (QED) is 0.862. The molecule has 5 nitrogen and oxygen atoms in total. The molecule has 136 valence electrons. The van der Waals surface area contributed by atoms with Gasteiger partial charge in [0.05, 0.1) is 6.54 Å². The summed E-state index contributed by atoms with van der Waals surface area (Å²) in [7, 11) is 0. The second-order valence-electron chi connectivity index (χ2n) is 7.36. The molecule has 4 rings (SSSR count). The molecule has 0 bridgehead atoms. The average Bonchev–Trinajstić information content (AvgIpc) is 3.32. The molecule has 2 fully saturated rings. The Balaban J connectivity index is 0.00000182. The van der Waals surface area contributed by atoms with Crippen LogP contribution in [-0.4, -0.2) is 38.0 Å². The summed E-state index contributed by atoms with van der Waals surface area (Å²) in [4.78, 5) is 26.8. The second-order valence-corrected chi connectivity index (χ2v) is 7.36. The van der Waals surface area contributed by atoms with E-state index in [1.807, 2.05) is 23.1 Å². The number of halogens is 1. The van der Waals surface area contributed by atoms with Crippen molar-refractivity contribution in [3.63, 3.8) is 0 Å². The summed E-state index contributed by atoms with van der Waals surface area (Å²) >= 11 is 0. The Bertz CT molecular complexity index is 658. The summed E-state index contributed by atoms with van der Waals surface area (Å²) in [6, 6.07) is 8.06. The highest BCUT2D eigenvalue weighted by atomic mass is 35.5. The smallest absolute Gasteiger partial charge is 0.246 e. The number of para-hydroxylation sites is 1. The minimum Gasteiger partial charge on any atom is -0.347 e. The number of aryl methyl sites for hydroxylation is 1. The fourth-order valence-electron chi connectivity index (χ4n) is 4.37. The molecule has 1 saturated heterocycles. The van der Waals surface area contributed by atoms with Crippen LogP contribution in [0.4, 0.5) is 5.69 Å². The number of carbonyl (C=O) groups is 2. The number of benzene rings is 1. The van der Waals surface area contributed by atoms with Crippen molar-refractivity contribution in [3.8, 4) is 0 Å². The lowest BCUT2D eigenvalue weighted by Gasteiger charge is -2.29. The lowest BCUT2D eigenvalue weighted by atomic mass is 9.92. The van der Waals surface area contributed by atoms with Crippen LogP contribution in [-0.2, 0) is 16.0 Å². The minimum absolute atomic E-state index is 0. The molecule has 2 aliphatic heterocycles. The number of rotatable bonds is 3. The zero-order valence-electron chi connectivity index (χ0n) is 14.4. The van der Waals surface area contributed by atoms with Gasteiger partial charge in [-0.3, -0.25) is 9.59 Å². The molecule has 2 amide bonds. The number of piperidine rings is 1. The van der Waals surface area contributed by atoms with Gasteiger partial charge >= 0.3 is 0 Å². The minimum atomic E-state index is -0.00416. The van der Waals surface area contributed by atoms with Crippen LogP contribution in [0.15, 0.2) is 24.3 Å². The SMILES string of the molecule is Cl.O=C(NCC(=O)N1CCCc2ccccc21)C1CC12CCNCC2. The summed E-state index contributed by atoms with van der Waals surface area (Å²) in [5.74, 6) is 0.173. The number of anilines is 1.